The van der Waals surface area contributed by atoms with Gasteiger partial charge in [-0.2, -0.15) is 0 Å². The maximum atomic E-state index is 13.1. The third kappa shape index (κ3) is 3.30. The molecule has 3 aliphatic heterocycles. The lowest BCUT2D eigenvalue weighted by molar-refractivity contribution is -0.128. The van der Waals surface area contributed by atoms with Crippen LogP contribution in [-0.2, 0) is 9.59 Å². The molecule has 2 amide bonds. The minimum absolute atomic E-state index is 0.146. The maximum Gasteiger partial charge on any atom is 0.230 e. The Morgan fingerprint density at radius 3 is 2.76 bits per heavy atom. The second-order valence-electron chi connectivity index (χ2n) is 7.50. The fourth-order valence-corrected chi connectivity index (χ4v) is 4.49. The van der Waals surface area contributed by atoms with Crippen LogP contribution in [0.1, 0.15) is 43.6 Å². The van der Waals surface area contributed by atoms with Gasteiger partial charge in [-0.05, 0) is 50.4 Å². The van der Waals surface area contributed by atoms with Crippen molar-refractivity contribution in [2.24, 2.45) is 5.92 Å². The molecular formula is C20H27N3O2. The first kappa shape index (κ1) is 16.6. The fourth-order valence-electron chi connectivity index (χ4n) is 4.49. The Kier molecular flexibility index (Phi) is 4.75. The van der Waals surface area contributed by atoms with Crippen LogP contribution in [-0.4, -0.2) is 49.4 Å². The molecule has 0 spiro atoms. The van der Waals surface area contributed by atoms with E-state index >= 15 is 0 Å². The molecule has 2 fully saturated rings. The standard InChI is InChI=1S/C20H27N3O2/c24-19-6-3-12-22(19)13-9-16-14-23(18-5-2-1-4-17(16)18)20(25)15-7-10-21-11-8-15/h1-2,4-5,15-16,21H,3,6-14H2/t16-/m0/s1. The summed E-state index contributed by atoms with van der Waals surface area (Å²) in [4.78, 5) is 28.9. The molecule has 5 heteroatoms. The lowest BCUT2D eigenvalue weighted by atomic mass is 9.96. The molecule has 0 bridgehead atoms. The largest absolute Gasteiger partial charge is 0.343 e. The predicted molar refractivity (Wildman–Crippen MR) is 97.6 cm³/mol. The molecule has 1 aromatic carbocycles. The minimum atomic E-state index is 0.146. The smallest absolute Gasteiger partial charge is 0.230 e. The van der Waals surface area contributed by atoms with Crippen molar-refractivity contribution in [1.82, 2.24) is 10.2 Å². The van der Waals surface area contributed by atoms with Crippen LogP contribution in [0.25, 0.3) is 0 Å². The van der Waals surface area contributed by atoms with Gasteiger partial charge in [0.15, 0.2) is 0 Å². The Morgan fingerprint density at radius 2 is 2.00 bits per heavy atom. The highest BCUT2D eigenvalue weighted by molar-refractivity contribution is 5.97. The van der Waals surface area contributed by atoms with Crippen molar-refractivity contribution in [3.63, 3.8) is 0 Å². The Hall–Kier alpha value is -1.88. The SMILES string of the molecule is O=C1CCCN1CC[C@H]1CN(C(=O)C2CCNCC2)c2ccccc21. The molecule has 0 unspecified atom stereocenters. The molecule has 134 valence electrons. The summed E-state index contributed by atoms with van der Waals surface area (Å²) < 4.78 is 0. The number of piperidine rings is 1. The number of nitrogens with zero attached hydrogens (tertiary/aromatic N) is 2. The van der Waals surface area contributed by atoms with Crippen molar-refractivity contribution >= 4 is 17.5 Å². The number of hydrogen-bond donors (Lipinski definition) is 1. The van der Waals surface area contributed by atoms with E-state index in [0.29, 0.717) is 12.3 Å². The van der Waals surface area contributed by atoms with Gasteiger partial charge in [0.1, 0.15) is 0 Å². The van der Waals surface area contributed by atoms with Crippen LogP contribution < -0.4 is 10.2 Å². The predicted octanol–water partition coefficient (Wildman–Crippen LogP) is 2.13. The second-order valence-corrected chi connectivity index (χ2v) is 7.50. The Labute approximate surface area is 149 Å². The van der Waals surface area contributed by atoms with E-state index in [4.69, 9.17) is 0 Å². The third-order valence-electron chi connectivity index (χ3n) is 5.94. The van der Waals surface area contributed by atoms with Gasteiger partial charge in [0, 0.05) is 43.6 Å². The van der Waals surface area contributed by atoms with Crippen LogP contribution >= 0.6 is 0 Å². The summed E-state index contributed by atoms with van der Waals surface area (Å²) in [5.74, 6) is 1.06. The van der Waals surface area contributed by atoms with Crippen LogP contribution in [0, 0.1) is 5.92 Å². The lowest BCUT2D eigenvalue weighted by Gasteiger charge is -2.27. The van der Waals surface area contributed by atoms with E-state index in [2.05, 4.69) is 23.5 Å². The average molecular weight is 341 g/mol. The van der Waals surface area contributed by atoms with Gasteiger partial charge in [0.05, 0.1) is 0 Å². The quantitative estimate of drug-likeness (QED) is 0.913. The summed E-state index contributed by atoms with van der Waals surface area (Å²) in [7, 11) is 0. The monoisotopic (exact) mass is 341 g/mol. The van der Waals surface area contributed by atoms with Crippen molar-refractivity contribution < 1.29 is 9.59 Å². The number of benzene rings is 1. The van der Waals surface area contributed by atoms with Gasteiger partial charge in [0.2, 0.25) is 11.8 Å². The third-order valence-corrected chi connectivity index (χ3v) is 5.94. The van der Waals surface area contributed by atoms with Crippen molar-refractivity contribution in [1.29, 1.82) is 0 Å². The molecule has 5 nitrogen and oxygen atoms in total. The number of likely N-dealkylation sites (tertiary alicyclic amines) is 1. The summed E-state index contributed by atoms with van der Waals surface area (Å²) in [5.41, 5.74) is 2.36. The molecule has 1 atom stereocenters. The van der Waals surface area contributed by atoms with Gasteiger partial charge < -0.3 is 15.1 Å². The van der Waals surface area contributed by atoms with E-state index in [0.717, 1.165) is 64.1 Å². The highest BCUT2D eigenvalue weighted by atomic mass is 16.2. The van der Waals surface area contributed by atoms with E-state index < -0.39 is 0 Å². The van der Waals surface area contributed by atoms with Crippen molar-refractivity contribution in [3.05, 3.63) is 29.8 Å². The van der Waals surface area contributed by atoms with Crippen LogP contribution in [0.2, 0.25) is 0 Å². The molecule has 1 aromatic rings. The molecular weight excluding hydrogens is 314 g/mol. The summed E-state index contributed by atoms with van der Waals surface area (Å²) in [6.45, 7) is 4.35. The second kappa shape index (κ2) is 7.16. The van der Waals surface area contributed by atoms with E-state index in [1.807, 2.05) is 15.9 Å². The van der Waals surface area contributed by atoms with Crippen LogP contribution in [0.3, 0.4) is 0 Å². The molecule has 1 N–H and O–H groups in total. The molecule has 3 aliphatic rings. The van der Waals surface area contributed by atoms with Gasteiger partial charge in [-0.25, -0.2) is 0 Å². The molecule has 0 aliphatic carbocycles. The summed E-state index contributed by atoms with van der Waals surface area (Å²) in [6.07, 6.45) is 4.50. The van der Waals surface area contributed by atoms with E-state index in [-0.39, 0.29) is 17.7 Å². The first-order chi connectivity index (χ1) is 12.2. The topological polar surface area (TPSA) is 52.7 Å². The maximum absolute atomic E-state index is 13.1. The molecule has 0 aromatic heterocycles. The molecule has 0 radical (unpaired) electrons. The highest BCUT2D eigenvalue weighted by Crippen LogP contribution is 2.39. The highest BCUT2D eigenvalue weighted by Gasteiger charge is 2.35. The van der Waals surface area contributed by atoms with Gasteiger partial charge >= 0.3 is 0 Å². The van der Waals surface area contributed by atoms with Crippen molar-refractivity contribution in [3.8, 4) is 0 Å². The van der Waals surface area contributed by atoms with Gasteiger partial charge in [-0.15, -0.1) is 0 Å². The number of hydrogen-bond acceptors (Lipinski definition) is 3. The first-order valence-electron chi connectivity index (χ1n) is 9.63. The summed E-state index contributed by atoms with van der Waals surface area (Å²) in [6, 6.07) is 8.32. The Morgan fingerprint density at radius 1 is 1.20 bits per heavy atom. The molecule has 25 heavy (non-hydrogen) atoms. The summed E-state index contributed by atoms with van der Waals surface area (Å²) >= 11 is 0. The summed E-state index contributed by atoms with van der Waals surface area (Å²) in [5, 5.41) is 3.34. The molecule has 0 saturated carbocycles. The number of carbonyl (C=O) groups is 2. The average Bonchev–Trinajstić information content (AvgIpc) is 3.23. The van der Waals surface area contributed by atoms with Gasteiger partial charge in [0.25, 0.3) is 0 Å². The Bertz CT molecular complexity index is 654. The lowest BCUT2D eigenvalue weighted by Crippen LogP contribution is -2.40. The van der Waals surface area contributed by atoms with Crippen molar-refractivity contribution in [2.45, 2.75) is 38.0 Å². The van der Waals surface area contributed by atoms with Crippen LogP contribution in [0.5, 0.6) is 0 Å². The Balaban J connectivity index is 1.47. The molecule has 2 saturated heterocycles. The fraction of sp³-hybridized carbons (Fsp3) is 0.600. The first-order valence-corrected chi connectivity index (χ1v) is 9.63. The number of para-hydroxylation sites is 1. The van der Waals surface area contributed by atoms with Gasteiger partial charge in [-0.3, -0.25) is 9.59 Å². The van der Waals surface area contributed by atoms with Crippen LogP contribution in [0.4, 0.5) is 5.69 Å². The number of anilines is 1. The zero-order valence-electron chi connectivity index (χ0n) is 14.7. The van der Waals surface area contributed by atoms with E-state index in [9.17, 15) is 9.59 Å². The van der Waals surface area contributed by atoms with Crippen LogP contribution in [0.15, 0.2) is 24.3 Å². The van der Waals surface area contributed by atoms with E-state index in [1.165, 1.54) is 5.56 Å². The number of fused-ring (bicyclic) bond motifs is 1. The zero-order valence-corrected chi connectivity index (χ0v) is 14.7. The van der Waals surface area contributed by atoms with Gasteiger partial charge in [-0.1, -0.05) is 18.2 Å². The number of amides is 2. The minimum Gasteiger partial charge on any atom is -0.343 e. The normalized spacial score (nSPS) is 24.0. The number of rotatable bonds is 4. The van der Waals surface area contributed by atoms with E-state index in [1.54, 1.807) is 0 Å². The number of carbonyl (C=O) groups excluding carboxylic acids is 2. The number of nitrogens with one attached hydrogen (secondary N) is 1. The molecule has 3 heterocycles. The van der Waals surface area contributed by atoms with Crippen molar-refractivity contribution in [2.75, 3.05) is 37.6 Å². The zero-order chi connectivity index (χ0) is 17.2. The molecule has 4 rings (SSSR count).